The minimum absolute atomic E-state index is 0.348. The van der Waals surface area contributed by atoms with Gasteiger partial charge in [-0.15, -0.1) is 0 Å². The van der Waals surface area contributed by atoms with Crippen molar-refractivity contribution in [1.29, 1.82) is 0 Å². The molecule has 0 radical (unpaired) electrons. The van der Waals surface area contributed by atoms with E-state index < -0.39 is 5.97 Å². The summed E-state index contributed by atoms with van der Waals surface area (Å²) in [5.74, 6) is -0.178. The molecule has 0 saturated carbocycles. The van der Waals surface area contributed by atoms with Crippen molar-refractivity contribution >= 4 is 11.7 Å². The molecule has 19 heavy (non-hydrogen) atoms. The van der Waals surface area contributed by atoms with Crippen molar-refractivity contribution in [2.45, 2.75) is 46.5 Å². The first-order valence-electron chi connectivity index (χ1n) is 7.16. The first-order chi connectivity index (χ1) is 9.08. The molecule has 0 bridgehead atoms. The predicted octanol–water partition coefficient (Wildman–Crippen LogP) is 4.32. The van der Waals surface area contributed by atoms with E-state index in [9.17, 15) is 4.79 Å². The van der Waals surface area contributed by atoms with Crippen LogP contribution < -0.4 is 5.32 Å². The van der Waals surface area contributed by atoms with Crippen LogP contribution in [0.4, 0.5) is 5.69 Å². The molecule has 1 rings (SSSR count). The highest BCUT2D eigenvalue weighted by Gasteiger charge is 2.08. The van der Waals surface area contributed by atoms with Gasteiger partial charge >= 0.3 is 5.97 Å². The Hall–Kier alpha value is -1.51. The summed E-state index contributed by atoms with van der Waals surface area (Å²) in [5, 5.41) is 12.4. The fourth-order valence-corrected chi connectivity index (χ4v) is 2.19. The molecular weight excluding hydrogens is 238 g/mol. The van der Waals surface area contributed by atoms with E-state index in [4.69, 9.17) is 5.11 Å². The van der Waals surface area contributed by atoms with Crippen LogP contribution in [0, 0.1) is 12.8 Å². The molecule has 0 amide bonds. The lowest BCUT2D eigenvalue weighted by atomic mass is 9.99. The first kappa shape index (κ1) is 15.5. The van der Waals surface area contributed by atoms with Crippen molar-refractivity contribution in [2.75, 3.05) is 11.9 Å². The quantitative estimate of drug-likeness (QED) is 0.734. The zero-order chi connectivity index (χ0) is 14.3. The number of nitrogens with one attached hydrogen (secondary N) is 1. The zero-order valence-electron chi connectivity index (χ0n) is 12.2. The van der Waals surface area contributed by atoms with Crippen LogP contribution in [0.3, 0.4) is 0 Å². The van der Waals surface area contributed by atoms with Gasteiger partial charge in [-0.25, -0.2) is 4.79 Å². The van der Waals surface area contributed by atoms with Crippen molar-refractivity contribution in [3.63, 3.8) is 0 Å². The Kier molecular flexibility index (Phi) is 6.40. The van der Waals surface area contributed by atoms with Crippen molar-refractivity contribution in [1.82, 2.24) is 0 Å². The van der Waals surface area contributed by atoms with Gasteiger partial charge in [0.2, 0.25) is 0 Å². The van der Waals surface area contributed by atoms with Gasteiger partial charge < -0.3 is 10.4 Å². The SMILES string of the molecule is CCCCC(CC)CNc1ccc(C(=O)O)cc1C. The molecule has 106 valence electrons. The number of hydrogen-bond donors (Lipinski definition) is 2. The molecule has 1 atom stereocenters. The standard InChI is InChI=1S/C16H25NO2/c1-4-6-7-13(5-2)11-17-15-9-8-14(16(18)19)10-12(15)3/h8-10,13,17H,4-7,11H2,1-3H3,(H,18,19). The number of unbranched alkanes of at least 4 members (excludes halogenated alkanes) is 1. The molecule has 0 aliphatic heterocycles. The summed E-state index contributed by atoms with van der Waals surface area (Å²) in [4.78, 5) is 10.9. The third kappa shape index (κ3) is 4.93. The van der Waals surface area contributed by atoms with E-state index in [-0.39, 0.29) is 0 Å². The highest BCUT2D eigenvalue weighted by Crippen LogP contribution is 2.19. The van der Waals surface area contributed by atoms with Crippen molar-refractivity contribution in [3.05, 3.63) is 29.3 Å². The van der Waals surface area contributed by atoms with Crippen molar-refractivity contribution in [3.8, 4) is 0 Å². The average molecular weight is 263 g/mol. The Morgan fingerprint density at radius 1 is 1.37 bits per heavy atom. The maximum absolute atomic E-state index is 10.9. The number of aryl methyl sites for hydroxylation is 1. The number of carboxylic acids is 1. The maximum Gasteiger partial charge on any atom is 0.335 e. The Morgan fingerprint density at radius 2 is 2.11 bits per heavy atom. The fraction of sp³-hybridized carbons (Fsp3) is 0.562. The lowest BCUT2D eigenvalue weighted by Crippen LogP contribution is -2.14. The molecule has 0 aliphatic rings. The Balaban J connectivity index is 2.59. The Bertz CT molecular complexity index is 415. The topological polar surface area (TPSA) is 49.3 Å². The molecule has 0 spiro atoms. The van der Waals surface area contributed by atoms with Crippen LogP contribution in [0.1, 0.15) is 55.5 Å². The number of benzene rings is 1. The van der Waals surface area contributed by atoms with E-state index in [1.165, 1.54) is 25.7 Å². The Morgan fingerprint density at radius 3 is 2.63 bits per heavy atom. The molecule has 3 heteroatoms. The molecule has 2 N–H and O–H groups in total. The van der Waals surface area contributed by atoms with Crippen LogP contribution in [0.5, 0.6) is 0 Å². The van der Waals surface area contributed by atoms with Crippen molar-refractivity contribution in [2.24, 2.45) is 5.92 Å². The minimum Gasteiger partial charge on any atom is -0.478 e. The lowest BCUT2D eigenvalue weighted by molar-refractivity contribution is 0.0697. The highest BCUT2D eigenvalue weighted by molar-refractivity contribution is 5.88. The van der Waals surface area contributed by atoms with Gasteiger partial charge in [-0.05, 0) is 43.0 Å². The zero-order valence-corrected chi connectivity index (χ0v) is 12.2. The van der Waals surface area contributed by atoms with Gasteiger partial charge in [0, 0.05) is 12.2 Å². The number of carboxylic acid groups (broad SMARTS) is 1. The smallest absolute Gasteiger partial charge is 0.335 e. The van der Waals surface area contributed by atoms with Crippen LogP contribution in [0.2, 0.25) is 0 Å². The summed E-state index contributed by atoms with van der Waals surface area (Å²) in [6.45, 7) is 7.35. The second kappa shape index (κ2) is 7.82. The summed E-state index contributed by atoms with van der Waals surface area (Å²) in [7, 11) is 0. The van der Waals surface area contributed by atoms with E-state index in [0.29, 0.717) is 11.5 Å². The molecule has 1 aromatic rings. The third-order valence-corrected chi connectivity index (χ3v) is 3.60. The van der Waals surface area contributed by atoms with Gasteiger partial charge in [-0.1, -0.05) is 33.1 Å². The number of anilines is 1. The summed E-state index contributed by atoms with van der Waals surface area (Å²) in [5.41, 5.74) is 2.38. The number of rotatable bonds is 8. The summed E-state index contributed by atoms with van der Waals surface area (Å²) < 4.78 is 0. The predicted molar refractivity (Wildman–Crippen MR) is 79.9 cm³/mol. The summed E-state index contributed by atoms with van der Waals surface area (Å²) >= 11 is 0. The molecule has 0 aliphatic carbocycles. The molecule has 1 unspecified atom stereocenters. The maximum atomic E-state index is 10.9. The minimum atomic E-state index is -0.871. The summed E-state index contributed by atoms with van der Waals surface area (Å²) in [6, 6.07) is 5.24. The van der Waals surface area contributed by atoms with Crippen LogP contribution in [0.15, 0.2) is 18.2 Å². The van der Waals surface area contributed by atoms with Crippen LogP contribution >= 0.6 is 0 Å². The largest absolute Gasteiger partial charge is 0.478 e. The van der Waals surface area contributed by atoms with Gasteiger partial charge in [-0.3, -0.25) is 0 Å². The van der Waals surface area contributed by atoms with Gasteiger partial charge in [0.1, 0.15) is 0 Å². The number of hydrogen-bond acceptors (Lipinski definition) is 2. The molecule has 3 nitrogen and oxygen atoms in total. The fourth-order valence-electron chi connectivity index (χ4n) is 2.19. The van der Waals surface area contributed by atoms with Crippen molar-refractivity contribution < 1.29 is 9.90 Å². The molecular formula is C16H25NO2. The molecule has 1 aromatic carbocycles. The number of aromatic carboxylic acids is 1. The third-order valence-electron chi connectivity index (χ3n) is 3.60. The monoisotopic (exact) mass is 263 g/mol. The molecule has 0 aromatic heterocycles. The van der Waals surface area contributed by atoms with E-state index in [2.05, 4.69) is 19.2 Å². The Labute approximate surface area is 116 Å². The van der Waals surface area contributed by atoms with Gasteiger partial charge in [0.05, 0.1) is 5.56 Å². The number of carbonyl (C=O) groups is 1. The van der Waals surface area contributed by atoms with E-state index in [0.717, 1.165) is 17.8 Å². The van der Waals surface area contributed by atoms with Crippen LogP contribution in [0.25, 0.3) is 0 Å². The lowest BCUT2D eigenvalue weighted by Gasteiger charge is -2.17. The molecule has 0 heterocycles. The van der Waals surface area contributed by atoms with Gasteiger partial charge in [0.15, 0.2) is 0 Å². The van der Waals surface area contributed by atoms with Crippen LogP contribution in [-0.2, 0) is 0 Å². The van der Waals surface area contributed by atoms with E-state index >= 15 is 0 Å². The van der Waals surface area contributed by atoms with Crippen LogP contribution in [-0.4, -0.2) is 17.6 Å². The second-order valence-corrected chi connectivity index (χ2v) is 5.13. The summed E-state index contributed by atoms with van der Waals surface area (Å²) in [6.07, 6.45) is 4.95. The van der Waals surface area contributed by atoms with Gasteiger partial charge in [0.25, 0.3) is 0 Å². The highest BCUT2D eigenvalue weighted by atomic mass is 16.4. The van der Waals surface area contributed by atoms with E-state index in [1.54, 1.807) is 12.1 Å². The molecule has 0 saturated heterocycles. The van der Waals surface area contributed by atoms with E-state index in [1.807, 2.05) is 13.0 Å². The molecule has 0 fully saturated rings. The second-order valence-electron chi connectivity index (χ2n) is 5.13. The average Bonchev–Trinajstić information content (AvgIpc) is 2.40. The van der Waals surface area contributed by atoms with Gasteiger partial charge in [-0.2, -0.15) is 0 Å². The normalized spacial score (nSPS) is 12.2. The first-order valence-corrected chi connectivity index (χ1v) is 7.16.